The van der Waals surface area contributed by atoms with E-state index in [0.717, 1.165) is 10.5 Å². The van der Waals surface area contributed by atoms with Crippen molar-refractivity contribution in [2.24, 2.45) is 0 Å². The van der Waals surface area contributed by atoms with Gasteiger partial charge in [-0.05, 0) is 79.4 Å². The fourth-order valence-electron chi connectivity index (χ4n) is 2.85. The quantitative estimate of drug-likeness (QED) is 0.407. The van der Waals surface area contributed by atoms with Crippen molar-refractivity contribution in [2.45, 2.75) is 22.8 Å². The van der Waals surface area contributed by atoms with Gasteiger partial charge in [-0.2, -0.15) is 0 Å². The molecular formula is C23H23ClN2O4S2. The van der Waals surface area contributed by atoms with Crippen LogP contribution >= 0.6 is 23.4 Å². The van der Waals surface area contributed by atoms with Gasteiger partial charge in [-0.1, -0.05) is 23.7 Å². The van der Waals surface area contributed by atoms with Crippen molar-refractivity contribution in [1.29, 1.82) is 0 Å². The van der Waals surface area contributed by atoms with Gasteiger partial charge in [0.25, 0.3) is 15.9 Å². The summed E-state index contributed by atoms with van der Waals surface area (Å²) in [6.07, 6.45) is 2.01. The van der Waals surface area contributed by atoms with E-state index in [1.54, 1.807) is 36.0 Å². The van der Waals surface area contributed by atoms with Crippen molar-refractivity contribution >= 4 is 45.0 Å². The second kappa shape index (κ2) is 10.8. The van der Waals surface area contributed by atoms with E-state index in [9.17, 15) is 13.2 Å². The molecule has 0 heterocycles. The number of benzene rings is 3. The molecule has 1 atom stereocenters. The van der Waals surface area contributed by atoms with Crippen LogP contribution in [0.1, 0.15) is 18.5 Å². The van der Waals surface area contributed by atoms with Gasteiger partial charge in [-0.3, -0.25) is 9.52 Å². The van der Waals surface area contributed by atoms with Gasteiger partial charge in [-0.15, -0.1) is 11.8 Å². The zero-order valence-electron chi connectivity index (χ0n) is 17.5. The standard InChI is InChI=1S/C23H23ClN2O4S2/c1-16(17-3-11-21(31-2)12-4-17)25-23(27)15-30-20-9-13-22(14-10-20)32(28,29)26-19-7-5-18(24)6-8-19/h3-14,16,26H,15H2,1-2H3,(H,25,27)/t16-/m0/s1. The van der Waals surface area contributed by atoms with Crippen molar-refractivity contribution in [2.75, 3.05) is 17.6 Å². The van der Waals surface area contributed by atoms with E-state index in [1.165, 1.54) is 24.3 Å². The fourth-order valence-corrected chi connectivity index (χ4v) is 4.45. The Labute approximate surface area is 197 Å². The lowest BCUT2D eigenvalue weighted by Crippen LogP contribution is -2.31. The van der Waals surface area contributed by atoms with Crippen molar-refractivity contribution in [3.05, 3.63) is 83.4 Å². The minimum atomic E-state index is -3.76. The topological polar surface area (TPSA) is 84.5 Å². The van der Waals surface area contributed by atoms with Gasteiger partial charge in [0.1, 0.15) is 5.75 Å². The van der Waals surface area contributed by atoms with Crippen LogP contribution in [-0.2, 0) is 14.8 Å². The predicted molar refractivity (Wildman–Crippen MR) is 129 cm³/mol. The monoisotopic (exact) mass is 490 g/mol. The van der Waals surface area contributed by atoms with Crippen molar-refractivity contribution in [1.82, 2.24) is 5.32 Å². The SMILES string of the molecule is CSc1ccc([C@H](C)NC(=O)COc2ccc(S(=O)(=O)Nc3ccc(Cl)cc3)cc2)cc1. The van der Waals surface area contributed by atoms with Gasteiger partial charge in [-0.25, -0.2) is 8.42 Å². The summed E-state index contributed by atoms with van der Waals surface area (Å²) in [4.78, 5) is 13.5. The summed E-state index contributed by atoms with van der Waals surface area (Å²) >= 11 is 7.48. The maximum atomic E-state index is 12.5. The first-order chi connectivity index (χ1) is 15.3. The van der Waals surface area contributed by atoms with Crippen LogP contribution in [0.4, 0.5) is 5.69 Å². The Bertz CT molecular complexity index is 1150. The molecule has 168 valence electrons. The molecule has 1 amide bonds. The number of halogens is 1. The number of carbonyl (C=O) groups excluding carboxylic acids is 1. The molecule has 3 aromatic carbocycles. The van der Waals surface area contributed by atoms with E-state index in [4.69, 9.17) is 16.3 Å². The van der Waals surface area contributed by atoms with E-state index < -0.39 is 10.0 Å². The highest BCUT2D eigenvalue weighted by Crippen LogP contribution is 2.21. The summed E-state index contributed by atoms with van der Waals surface area (Å²) in [6, 6.07) is 20.0. The number of ether oxygens (including phenoxy) is 1. The molecule has 0 aliphatic heterocycles. The minimum absolute atomic E-state index is 0.0755. The Hall–Kier alpha value is -2.68. The fraction of sp³-hybridized carbons (Fsp3) is 0.174. The van der Waals surface area contributed by atoms with Crippen molar-refractivity contribution in [3.63, 3.8) is 0 Å². The van der Waals surface area contributed by atoms with Gasteiger partial charge in [0.05, 0.1) is 10.9 Å². The highest BCUT2D eigenvalue weighted by molar-refractivity contribution is 7.98. The van der Waals surface area contributed by atoms with Crippen LogP contribution in [0.2, 0.25) is 5.02 Å². The number of carbonyl (C=O) groups is 1. The molecule has 0 bridgehead atoms. The molecule has 32 heavy (non-hydrogen) atoms. The molecule has 0 aliphatic rings. The molecule has 0 saturated carbocycles. The van der Waals surface area contributed by atoms with Gasteiger partial charge in [0.15, 0.2) is 6.61 Å². The zero-order valence-corrected chi connectivity index (χ0v) is 19.9. The van der Waals surface area contributed by atoms with E-state index in [-0.39, 0.29) is 23.5 Å². The first-order valence-electron chi connectivity index (χ1n) is 9.71. The van der Waals surface area contributed by atoms with E-state index in [2.05, 4.69) is 10.0 Å². The van der Waals surface area contributed by atoms with Crippen LogP contribution in [0.15, 0.2) is 82.6 Å². The molecule has 3 rings (SSSR count). The predicted octanol–water partition coefficient (Wildman–Crippen LogP) is 5.12. The molecule has 2 N–H and O–H groups in total. The third kappa shape index (κ3) is 6.66. The first kappa shape index (κ1) is 24.0. The number of rotatable bonds is 9. The molecule has 0 spiro atoms. The third-order valence-electron chi connectivity index (χ3n) is 4.59. The number of amides is 1. The molecule has 0 fully saturated rings. The van der Waals surface area contributed by atoms with Crippen LogP contribution in [0, 0.1) is 0 Å². The van der Waals surface area contributed by atoms with Crippen molar-refractivity contribution in [3.8, 4) is 5.75 Å². The Kier molecular flexibility index (Phi) is 8.06. The molecular weight excluding hydrogens is 468 g/mol. The number of hydrogen-bond acceptors (Lipinski definition) is 5. The molecule has 6 nitrogen and oxygen atoms in total. The Balaban J connectivity index is 1.53. The molecule has 0 unspecified atom stereocenters. The molecule has 0 aromatic heterocycles. The minimum Gasteiger partial charge on any atom is -0.484 e. The summed E-state index contributed by atoms with van der Waals surface area (Å²) in [6.45, 7) is 1.72. The van der Waals surface area contributed by atoms with Gasteiger partial charge < -0.3 is 10.1 Å². The van der Waals surface area contributed by atoms with E-state index in [0.29, 0.717) is 16.5 Å². The Morgan fingerprint density at radius 3 is 2.22 bits per heavy atom. The van der Waals surface area contributed by atoms with Crippen molar-refractivity contribution < 1.29 is 17.9 Å². The van der Waals surface area contributed by atoms with Crippen LogP contribution in [0.25, 0.3) is 0 Å². The van der Waals surface area contributed by atoms with Gasteiger partial charge in [0, 0.05) is 15.6 Å². The number of hydrogen-bond donors (Lipinski definition) is 2. The van der Waals surface area contributed by atoms with Crippen LogP contribution in [-0.4, -0.2) is 27.2 Å². The van der Waals surface area contributed by atoms with E-state index >= 15 is 0 Å². The highest BCUT2D eigenvalue weighted by Gasteiger charge is 2.15. The third-order valence-corrected chi connectivity index (χ3v) is 6.99. The molecule has 0 saturated heterocycles. The second-order valence-corrected chi connectivity index (χ2v) is 9.93. The van der Waals surface area contributed by atoms with Gasteiger partial charge >= 0.3 is 0 Å². The first-order valence-corrected chi connectivity index (χ1v) is 12.8. The van der Waals surface area contributed by atoms with Crippen LogP contribution in [0.5, 0.6) is 5.75 Å². The lowest BCUT2D eigenvalue weighted by atomic mass is 10.1. The lowest BCUT2D eigenvalue weighted by Gasteiger charge is -2.15. The smallest absolute Gasteiger partial charge is 0.261 e. The number of thioether (sulfide) groups is 1. The Morgan fingerprint density at radius 2 is 1.62 bits per heavy atom. The normalized spacial score (nSPS) is 12.1. The molecule has 0 radical (unpaired) electrons. The van der Waals surface area contributed by atoms with Gasteiger partial charge in [0.2, 0.25) is 0 Å². The summed E-state index contributed by atoms with van der Waals surface area (Å²) < 4.78 is 33.0. The highest BCUT2D eigenvalue weighted by atomic mass is 35.5. The average Bonchev–Trinajstić information content (AvgIpc) is 2.79. The van der Waals surface area contributed by atoms with Crippen LogP contribution < -0.4 is 14.8 Å². The number of nitrogens with one attached hydrogen (secondary N) is 2. The maximum absolute atomic E-state index is 12.5. The molecule has 3 aromatic rings. The number of anilines is 1. The number of sulfonamides is 1. The molecule has 0 aliphatic carbocycles. The second-order valence-electron chi connectivity index (χ2n) is 6.93. The molecule has 9 heteroatoms. The lowest BCUT2D eigenvalue weighted by molar-refractivity contribution is -0.123. The maximum Gasteiger partial charge on any atom is 0.261 e. The summed E-state index contributed by atoms with van der Waals surface area (Å²) in [5.41, 5.74) is 1.41. The summed E-state index contributed by atoms with van der Waals surface area (Å²) in [7, 11) is -3.76. The summed E-state index contributed by atoms with van der Waals surface area (Å²) in [5, 5.41) is 3.40. The van der Waals surface area contributed by atoms with Crippen LogP contribution in [0.3, 0.4) is 0 Å². The Morgan fingerprint density at radius 1 is 1.00 bits per heavy atom. The summed E-state index contributed by atoms with van der Waals surface area (Å²) in [5.74, 6) is 0.120. The largest absolute Gasteiger partial charge is 0.484 e. The zero-order chi connectivity index (χ0) is 23.1. The average molecular weight is 491 g/mol. The van der Waals surface area contributed by atoms with E-state index in [1.807, 2.05) is 37.4 Å².